The Labute approximate surface area is 87.5 Å². The summed E-state index contributed by atoms with van der Waals surface area (Å²) < 4.78 is 0.836. The summed E-state index contributed by atoms with van der Waals surface area (Å²) in [7, 11) is 0. The number of thiocarbonyl (C=S) groups is 1. The summed E-state index contributed by atoms with van der Waals surface area (Å²) in [5, 5.41) is 17.5. The van der Waals surface area contributed by atoms with Crippen LogP contribution in [0.25, 0.3) is 0 Å². The second kappa shape index (κ2) is 5.77. The van der Waals surface area contributed by atoms with Gasteiger partial charge in [0.15, 0.2) is 0 Å². The zero-order valence-electron chi connectivity index (χ0n) is 7.35. The number of aliphatic hydroxyl groups excluding tert-OH is 2. The molecule has 0 aliphatic carbocycles. The van der Waals surface area contributed by atoms with Crippen LogP contribution in [0.5, 0.6) is 0 Å². The van der Waals surface area contributed by atoms with Gasteiger partial charge in [0, 0.05) is 13.1 Å². The molecule has 2 N–H and O–H groups in total. The smallest absolute Gasteiger partial charge is 0.138 e. The van der Waals surface area contributed by atoms with Gasteiger partial charge in [-0.1, -0.05) is 24.0 Å². The molecular formula is C7H14N2O2S2. The first-order chi connectivity index (χ1) is 6.27. The summed E-state index contributed by atoms with van der Waals surface area (Å²) in [6.45, 7) is 2.24. The average molecular weight is 222 g/mol. The van der Waals surface area contributed by atoms with Gasteiger partial charge >= 0.3 is 0 Å². The lowest BCUT2D eigenvalue weighted by atomic mass is 10.5. The Bertz CT molecular complexity index is 180. The third-order valence-corrected chi connectivity index (χ3v) is 3.40. The van der Waals surface area contributed by atoms with Crippen LogP contribution in [-0.4, -0.2) is 63.2 Å². The molecule has 0 aromatic carbocycles. The minimum atomic E-state index is 0.119. The van der Waals surface area contributed by atoms with Crippen LogP contribution in [-0.2, 0) is 0 Å². The maximum absolute atomic E-state index is 8.77. The molecule has 0 radical (unpaired) electrons. The number of β-amino-alcohol motifs (C(OH)–C–C–N with tert-alkyl or cyclic N) is 2. The molecule has 1 heterocycles. The molecule has 0 aromatic heterocycles. The normalized spacial score (nSPS) is 19.5. The Balaban J connectivity index is 2.38. The first-order valence-electron chi connectivity index (χ1n) is 4.13. The number of thioether (sulfide) groups is 1. The minimum absolute atomic E-state index is 0.119. The van der Waals surface area contributed by atoms with Crippen molar-refractivity contribution in [3.63, 3.8) is 0 Å². The molecule has 0 bridgehead atoms. The van der Waals surface area contributed by atoms with E-state index in [1.807, 2.05) is 4.90 Å². The first kappa shape index (κ1) is 11.2. The highest BCUT2D eigenvalue weighted by molar-refractivity contribution is 8.22. The lowest BCUT2D eigenvalue weighted by molar-refractivity contribution is 0.152. The van der Waals surface area contributed by atoms with E-state index in [1.165, 1.54) is 0 Å². The largest absolute Gasteiger partial charge is 0.395 e. The molecule has 1 fully saturated rings. The van der Waals surface area contributed by atoms with Gasteiger partial charge in [-0.05, 0) is 0 Å². The van der Waals surface area contributed by atoms with Gasteiger partial charge in [0.1, 0.15) is 4.32 Å². The molecule has 0 aromatic rings. The minimum Gasteiger partial charge on any atom is -0.395 e. The Morgan fingerprint density at radius 3 is 2.62 bits per heavy atom. The van der Waals surface area contributed by atoms with Crippen molar-refractivity contribution in [2.45, 2.75) is 0 Å². The van der Waals surface area contributed by atoms with E-state index < -0.39 is 0 Å². The van der Waals surface area contributed by atoms with E-state index in [0.717, 1.165) is 10.2 Å². The second-order valence-corrected chi connectivity index (χ2v) is 4.36. The third kappa shape index (κ3) is 3.40. The van der Waals surface area contributed by atoms with Crippen LogP contribution in [0.2, 0.25) is 0 Å². The summed E-state index contributed by atoms with van der Waals surface area (Å²) in [5.74, 6) is 0.835. The molecule has 6 heteroatoms. The third-order valence-electron chi connectivity index (χ3n) is 1.79. The zero-order chi connectivity index (χ0) is 9.68. The maximum atomic E-state index is 8.77. The van der Waals surface area contributed by atoms with E-state index in [9.17, 15) is 0 Å². The fraction of sp³-hybridized carbons (Fsp3) is 0.857. The van der Waals surface area contributed by atoms with Gasteiger partial charge in [0.05, 0.1) is 25.8 Å². The van der Waals surface area contributed by atoms with Crippen molar-refractivity contribution in [1.29, 1.82) is 0 Å². The number of aliphatic hydroxyl groups is 2. The first-order valence-corrected chi connectivity index (χ1v) is 5.53. The molecule has 0 atom stereocenters. The van der Waals surface area contributed by atoms with Crippen LogP contribution in [0.15, 0.2) is 0 Å². The van der Waals surface area contributed by atoms with Crippen LogP contribution in [0.3, 0.4) is 0 Å². The molecule has 0 spiro atoms. The van der Waals surface area contributed by atoms with E-state index in [4.69, 9.17) is 22.4 Å². The second-order valence-electron chi connectivity index (χ2n) is 2.79. The van der Waals surface area contributed by atoms with Gasteiger partial charge in [0.2, 0.25) is 0 Å². The Morgan fingerprint density at radius 2 is 2.00 bits per heavy atom. The molecule has 1 saturated heterocycles. The molecular weight excluding hydrogens is 208 g/mol. The van der Waals surface area contributed by atoms with Gasteiger partial charge in [-0.25, -0.2) is 0 Å². The lowest BCUT2D eigenvalue weighted by Crippen LogP contribution is -2.46. The van der Waals surface area contributed by atoms with Crippen LogP contribution >= 0.6 is 24.0 Å². The van der Waals surface area contributed by atoms with E-state index >= 15 is 0 Å². The van der Waals surface area contributed by atoms with Crippen LogP contribution in [0.1, 0.15) is 0 Å². The van der Waals surface area contributed by atoms with Crippen molar-refractivity contribution in [3.8, 4) is 0 Å². The van der Waals surface area contributed by atoms with Gasteiger partial charge in [-0.15, -0.1) is 0 Å². The quantitative estimate of drug-likeness (QED) is 0.627. The fourth-order valence-corrected chi connectivity index (χ4v) is 2.28. The van der Waals surface area contributed by atoms with E-state index in [0.29, 0.717) is 19.8 Å². The number of hydrogen-bond donors (Lipinski definition) is 2. The van der Waals surface area contributed by atoms with Crippen molar-refractivity contribution in [2.75, 3.05) is 38.8 Å². The van der Waals surface area contributed by atoms with Gasteiger partial charge < -0.3 is 15.1 Å². The highest BCUT2D eigenvalue weighted by Gasteiger charge is 2.20. The predicted molar refractivity (Wildman–Crippen MR) is 57.5 cm³/mol. The predicted octanol–water partition coefficient (Wildman–Crippen LogP) is -0.478. The Morgan fingerprint density at radius 1 is 1.31 bits per heavy atom. The number of nitrogens with zero attached hydrogens (tertiary/aromatic N) is 2. The van der Waals surface area contributed by atoms with Gasteiger partial charge in [-0.3, -0.25) is 4.90 Å². The highest BCUT2D eigenvalue weighted by atomic mass is 32.2. The molecule has 0 saturated carbocycles. The Hall–Kier alpha value is 0.120. The van der Waals surface area contributed by atoms with Crippen LogP contribution in [0.4, 0.5) is 0 Å². The lowest BCUT2D eigenvalue weighted by Gasteiger charge is -2.35. The van der Waals surface area contributed by atoms with E-state index in [1.54, 1.807) is 11.8 Å². The summed E-state index contributed by atoms with van der Waals surface area (Å²) >= 11 is 6.69. The highest BCUT2D eigenvalue weighted by Crippen LogP contribution is 2.17. The van der Waals surface area contributed by atoms with E-state index in [-0.39, 0.29) is 13.2 Å². The van der Waals surface area contributed by atoms with E-state index in [2.05, 4.69) is 4.90 Å². The summed E-state index contributed by atoms with van der Waals surface area (Å²) in [6.07, 6.45) is 0. The maximum Gasteiger partial charge on any atom is 0.138 e. The van der Waals surface area contributed by atoms with Crippen molar-refractivity contribution in [2.24, 2.45) is 0 Å². The molecule has 76 valence electrons. The summed E-state index contributed by atoms with van der Waals surface area (Å²) in [6, 6.07) is 0. The van der Waals surface area contributed by atoms with Crippen molar-refractivity contribution in [1.82, 2.24) is 9.80 Å². The molecule has 13 heavy (non-hydrogen) atoms. The molecule has 1 rings (SSSR count). The average Bonchev–Trinajstić information content (AvgIpc) is 2.12. The SMILES string of the molecule is OCCN1CSC(=S)N(CCO)C1. The monoisotopic (exact) mass is 222 g/mol. The molecule has 0 amide bonds. The van der Waals surface area contributed by atoms with Gasteiger partial charge in [0.25, 0.3) is 0 Å². The molecule has 0 unspecified atom stereocenters. The standard InChI is InChI=1S/C7H14N2O2S2/c10-3-1-8-5-9(2-4-11)7(12)13-6-8/h10-11H,1-6H2. The molecule has 1 aliphatic rings. The molecule has 1 aliphatic heterocycles. The topological polar surface area (TPSA) is 46.9 Å². The van der Waals surface area contributed by atoms with Crippen molar-refractivity contribution in [3.05, 3.63) is 0 Å². The van der Waals surface area contributed by atoms with Crippen LogP contribution in [0, 0.1) is 0 Å². The van der Waals surface area contributed by atoms with Crippen molar-refractivity contribution >= 4 is 28.3 Å². The summed E-state index contributed by atoms with van der Waals surface area (Å²) in [5.41, 5.74) is 0. The van der Waals surface area contributed by atoms with Crippen molar-refractivity contribution < 1.29 is 10.2 Å². The Kier molecular flexibility index (Phi) is 4.97. The zero-order valence-corrected chi connectivity index (χ0v) is 8.98. The number of rotatable bonds is 4. The molecule has 4 nitrogen and oxygen atoms in total. The van der Waals surface area contributed by atoms with Gasteiger partial charge in [-0.2, -0.15) is 0 Å². The summed E-state index contributed by atoms with van der Waals surface area (Å²) in [4.78, 5) is 4.04. The fourth-order valence-electron chi connectivity index (χ4n) is 1.14. The number of hydrogen-bond acceptors (Lipinski definition) is 5. The van der Waals surface area contributed by atoms with Crippen LogP contribution < -0.4 is 0 Å².